The van der Waals surface area contributed by atoms with Gasteiger partial charge in [-0.15, -0.1) is 0 Å². The summed E-state index contributed by atoms with van der Waals surface area (Å²) in [6.45, 7) is 6.56. The third-order valence-electron chi connectivity index (χ3n) is 9.36. The van der Waals surface area contributed by atoms with Crippen molar-refractivity contribution < 1.29 is 28.6 Å². The molecule has 284 valence electrons. The van der Waals surface area contributed by atoms with Crippen LogP contribution in [0.4, 0.5) is 0 Å². The quantitative estimate of drug-likeness (QED) is 0.0367. The van der Waals surface area contributed by atoms with Crippen LogP contribution in [0.3, 0.4) is 0 Å². The normalized spacial score (nSPS) is 11.8. The molecule has 0 aromatic heterocycles. The highest BCUT2D eigenvalue weighted by atomic mass is 16.6. The maximum Gasteiger partial charge on any atom is 0.306 e. The molecule has 0 rings (SSSR count). The molecule has 0 bridgehead atoms. The minimum Gasteiger partial charge on any atom is -0.462 e. The minimum atomic E-state index is -0.755. The molecule has 1 atom stereocenters. The first-order valence-electron chi connectivity index (χ1n) is 21.0. The summed E-state index contributed by atoms with van der Waals surface area (Å²) in [6, 6.07) is 0. The van der Waals surface area contributed by atoms with E-state index in [9.17, 15) is 14.4 Å². The number of esters is 3. The Bertz CT molecular complexity index is 708. The summed E-state index contributed by atoms with van der Waals surface area (Å²) in [7, 11) is 0. The van der Waals surface area contributed by atoms with Crippen molar-refractivity contribution in [2.24, 2.45) is 0 Å². The van der Waals surface area contributed by atoms with Crippen LogP contribution >= 0.6 is 0 Å². The van der Waals surface area contributed by atoms with Crippen molar-refractivity contribution in [2.75, 3.05) is 13.2 Å². The molecule has 48 heavy (non-hydrogen) atoms. The Hall–Kier alpha value is -1.59. The van der Waals surface area contributed by atoms with Gasteiger partial charge in [0.25, 0.3) is 0 Å². The van der Waals surface area contributed by atoms with Gasteiger partial charge in [-0.3, -0.25) is 14.4 Å². The average molecular weight is 681 g/mol. The standard InChI is InChI=1S/C42H80O6/c1-4-7-10-13-16-17-18-19-20-21-22-23-24-27-29-32-35-41(44)47-38-39(48-42(45)36-33-30-26-15-12-9-6-3)37-46-40(43)34-31-28-25-14-11-8-5-2/h39H,4-38H2,1-3H3/t39-/m0/s1. The van der Waals surface area contributed by atoms with Gasteiger partial charge in [-0.25, -0.2) is 0 Å². The van der Waals surface area contributed by atoms with E-state index in [1.807, 2.05) is 0 Å². The number of carbonyl (C=O) groups is 3. The Balaban J connectivity index is 4.16. The topological polar surface area (TPSA) is 78.9 Å². The molecule has 0 aromatic carbocycles. The highest BCUT2D eigenvalue weighted by molar-refractivity contribution is 5.71. The summed E-state index contributed by atoms with van der Waals surface area (Å²) in [6.07, 6.45) is 36.8. The zero-order valence-corrected chi connectivity index (χ0v) is 32.3. The monoisotopic (exact) mass is 681 g/mol. The van der Waals surface area contributed by atoms with E-state index in [1.54, 1.807) is 0 Å². The molecule has 0 saturated carbocycles. The largest absolute Gasteiger partial charge is 0.462 e. The molecule has 0 fully saturated rings. The van der Waals surface area contributed by atoms with Gasteiger partial charge >= 0.3 is 17.9 Å². The van der Waals surface area contributed by atoms with Crippen molar-refractivity contribution in [3.8, 4) is 0 Å². The molecule has 6 nitrogen and oxygen atoms in total. The maximum absolute atomic E-state index is 12.5. The molecule has 0 N–H and O–H groups in total. The summed E-state index contributed by atoms with van der Waals surface area (Å²) < 4.78 is 16.5. The molecule has 0 unspecified atom stereocenters. The van der Waals surface area contributed by atoms with Crippen molar-refractivity contribution in [3.05, 3.63) is 0 Å². The second-order valence-electron chi connectivity index (χ2n) is 14.3. The van der Waals surface area contributed by atoms with Gasteiger partial charge in [-0.2, -0.15) is 0 Å². The molecule has 0 spiro atoms. The summed E-state index contributed by atoms with van der Waals surface area (Å²) in [4.78, 5) is 37.3. The molecule has 0 heterocycles. The summed E-state index contributed by atoms with van der Waals surface area (Å²) in [5.74, 6) is -0.871. The molecule has 0 amide bonds. The first-order valence-corrected chi connectivity index (χ1v) is 21.0. The van der Waals surface area contributed by atoms with Crippen LogP contribution < -0.4 is 0 Å². The fraction of sp³-hybridized carbons (Fsp3) is 0.929. The van der Waals surface area contributed by atoms with Crippen LogP contribution in [0.15, 0.2) is 0 Å². The Kier molecular flexibility index (Phi) is 36.9. The summed E-state index contributed by atoms with van der Waals surface area (Å²) in [5.41, 5.74) is 0. The molecule has 0 aliphatic carbocycles. The second kappa shape index (κ2) is 38.2. The second-order valence-corrected chi connectivity index (χ2v) is 14.3. The summed E-state index contributed by atoms with van der Waals surface area (Å²) >= 11 is 0. The van der Waals surface area contributed by atoms with Crippen LogP contribution in [0, 0.1) is 0 Å². The van der Waals surface area contributed by atoms with Crippen LogP contribution in [-0.4, -0.2) is 37.2 Å². The van der Waals surface area contributed by atoms with Crippen molar-refractivity contribution in [1.82, 2.24) is 0 Å². The third kappa shape index (κ3) is 35.7. The van der Waals surface area contributed by atoms with Gasteiger partial charge in [-0.05, 0) is 19.3 Å². The van der Waals surface area contributed by atoms with E-state index >= 15 is 0 Å². The van der Waals surface area contributed by atoms with Crippen molar-refractivity contribution in [1.29, 1.82) is 0 Å². The number of hydrogen-bond acceptors (Lipinski definition) is 6. The van der Waals surface area contributed by atoms with Gasteiger partial charge in [0.15, 0.2) is 6.10 Å². The van der Waals surface area contributed by atoms with Crippen LogP contribution in [0.5, 0.6) is 0 Å². The van der Waals surface area contributed by atoms with Gasteiger partial charge in [-0.1, -0.05) is 194 Å². The Labute approximate surface area is 298 Å². The lowest BCUT2D eigenvalue weighted by Crippen LogP contribution is -2.30. The molecular weight excluding hydrogens is 600 g/mol. The van der Waals surface area contributed by atoms with Crippen LogP contribution in [0.1, 0.15) is 233 Å². The first kappa shape index (κ1) is 46.4. The number of ether oxygens (including phenoxy) is 3. The highest BCUT2D eigenvalue weighted by Crippen LogP contribution is 2.15. The van der Waals surface area contributed by atoms with E-state index in [0.717, 1.165) is 57.8 Å². The lowest BCUT2D eigenvalue weighted by atomic mass is 10.0. The van der Waals surface area contributed by atoms with Crippen molar-refractivity contribution in [3.63, 3.8) is 0 Å². The Morgan fingerprint density at radius 1 is 0.333 bits per heavy atom. The van der Waals surface area contributed by atoms with Crippen LogP contribution in [0.25, 0.3) is 0 Å². The number of hydrogen-bond donors (Lipinski definition) is 0. The van der Waals surface area contributed by atoms with Gasteiger partial charge in [0.2, 0.25) is 0 Å². The summed E-state index contributed by atoms with van der Waals surface area (Å²) in [5, 5.41) is 0. The maximum atomic E-state index is 12.5. The van der Waals surface area contributed by atoms with Gasteiger partial charge in [0, 0.05) is 19.3 Å². The average Bonchev–Trinajstić information content (AvgIpc) is 3.08. The molecule has 0 aliphatic heterocycles. The van der Waals surface area contributed by atoms with Crippen molar-refractivity contribution >= 4 is 17.9 Å². The highest BCUT2D eigenvalue weighted by Gasteiger charge is 2.19. The Morgan fingerprint density at radius 3 is 0.833 bits per heavy atom. The zero-order chi connectivity index (χ0) is 35.2. The fourth-order valence-corrected chi connectivity index (χ4v) is 6.15. The first-order chi connectivity index (χ1) is 23.5. The van der Waals surface area contributed by atoms with Crippen LogP contribution in [0.2, 0.25) is 0 Å². The number of unbranched alkanes of at least 4 members (excludes halogenated alkanes) is 27. The van der Waals surface area contributed by atoms with E-state index in [1.165, 1.54) is 135 Å². The molecule has 0 radical (unpaired) electrons. The minimum absolute atomic E-state index is 0.0643. The predicted octanol–water partition coefficient (Wildman–Crippen LogP) is 12.9. The van der Waals surface area contributed by atoms with Crippen molar-refractivity contribution in [2.45, 2.75) is 239 Å². The zero-order valence-electron chi connectivity index (χ0n) is 32.3. The SMILES string of the molecule is CCCCCCCCCCCCCCCCCCC(=O)OC[C@H](COC(=O)CCCCCCCCC)OC(=O)CCCCCCCCC. The van der Waals surface area contributed by atoms with E-state index in [4.69, 9.17) is 14.2 Å². The van der Waals surface area contributed by atoms with E-state index < -0.39 is 6.10 Å². The van der Waals surface area contributed by atoms with E-state index in [-0.39, 0.29) is 31.1 Å². The Morgan fingerprint density at radius 2 is 0.562 bits per heavy atom. The molecule has 0 aliphatic rings. The fourth-order valence-electron chi connectivity index (χ4n) is 6.15. The number of rotatable bonds is 38. The molecular formula is C42H80O6. The number of carbonyl (C=O) groups excluding carboxylic acids is 3. The predicted molar refractivity (Wildman–Crippen MR) is 201 cm³/mol. The lowest BCUT2D eigenvalue weighted by Gasteiger charge is -2.18. The lowest BCUT2D eigenvalue weighted by molar-refractivity contribution is -0.167. The molecule has 0 saturated heterocycles. The van der Waals surface area contributed by atoms with Gasteiger partial charge in [0.1, 0.15) is 13.2 Å². The third-order valence-corrected chi connectivity index (χ3v) is 9.36. The smallest absolute Gasteiger partial charge is 0.306 e. The van der Waals surface area contributed by atoms with Gasteiger partial charge < -0.3 is 14.2 Å². The van der Waals surface area contributed by atoms with Gasteiger partial charge in [0.05, 0.1) is 0 Å². The molecule has 6 heteroatoms. The van der Waals surface area contributed by atoms with Crippen LogP contribution in [-0.2, 0) is 28.6 Å². The van der Waals surface area contributed by atoms with E-state index in [2.05, 4.69) is 20.8 Å². The molecule has 0 aromatic rings. The van der Waals surface area contributed by atoms with E-state index in [0.29, 0.717) is 19.3 Å².